The van der Waals surface area contributed by atoms with Gasteiger partial charge in [0, 0.05) is 13.1 Å². The average Bonchev–Trinajstić information content (AvgIpc) is 2.28. The zero-order valence-corrected chi connectivity index (χ0v) is 10.9. The van der Waals surface area contributed by atoms with Crippen LogP contribution >= 0.6 is 11.8 Å². The highest BCUT2D eigenvalue weighted by molar-refractivity contribution is 7.98. The van der Waals surface area contributed by atoms with E-state index in [4.69, 9.17) is 5.73 Å². The molecule has 90 valence electrons. The fourth-order valence-corrected chi connectivity index (χ4v) is 2.13. The Morgan fingerprint density at radius 3 is 2.81 bits per heavy atom. The van der Waals surface area contributed by atoms with Crippen molar-refractivity contribution in [2.45, 2.75) is 19.4 Å². The molecule has 1 aromatic carbocycles. The molecule has 0 aliphatic heterocycles. The third-order valence-corrected chi connectivity index (χ3v) is 3.45. The summed E-state index contributed by atoms with van der Waals surface area (Å²) in [5.41, 5.74) is 6.74. The lowest BCUT2D eigenvalue weighted by atomic mass is 10.2. The van der Waals surface area contributed by atoms with Gasteiger partial charge < -0.3 is 10.6 Å². The van der Waals surface area contributed by atoms with Crippen LogP contribution in [0.4, 0.5) is 15.8 Å². The van der Waals surface area contributed by atoms with E-state index in [1.54, 1.807) is 6.07 Å². The molecule has 0 bridgehead atoms. The maximum Gasteiger partial charge on any atom is 0.148 e. The van der Waals surface area contributed by atoms with Gasteiger partial charge >= 0.3 is 0 Å². The van der Waals surface area contributed by atoms with Crippen molar-refractivity contribution in [2.75, 3.05) is 29.7 Å². The van der Waals surface area contributed by atoms with Gasteiger partial charge in [-0.3, -0.25) is 0 Å². The summed E-state index contributed by atoms with van der Waals surface area (Å²) in [6, 6.07) is 5.29. The highest BCUT2D eigenvalue weighted by Crippen LogP contribution is 2.26. The summed E-state index contributed by atoms with van der Waals surface area (Å²) < 4.78 is 13.3. The molecule has 0 aromatic heterocycles. The summed E-state index contributed by atoms with van der Waals surface area (Å²) in [7, 11) is 1.95. The minimum atomic E-state index is -0.346. The van der Waals surface area contributed by atoms with Gasteiger partial charge in [0.15, 0.2) is 0 Å². The van der Waals surface area contributed by atoms with Gasteiger partial charge in [-0.25, -0.2) is 4.39 Å². The predicted octanol–water partition coefficient (Wildman–Crippen LogP) is 2.99. The largest absolute Gasteiger partial charge is 0.395 e. The van der Waals surface area contributed by atoms with Crippen molar-refractivity contribution in [2.24, 2.45) is 0 Å². The second-order valence-corrected chi connectivity index (χ2v) is 4.90. The maximum atomic E-state index is 13.3. The lowest BCUT2D eigenvalue weighted by molar-refractivity contribution is 0.627. The van der Waals surface area contributed by atoms with E-state index in [0.717, 1.165) is 17.9 Å². The number of benzene rings is 1. The van der Waals surface area contributed by atoms with Crippen molar-refractivity contribution in [1.29, 1.82) is 0 Å². The van der Waals surface area contributed by atoms with E-state index in [1.165, 1.54) is 6.07 Å². The summed E-state index contributed by atoms with van der Waals surface area (Å²) in [5, 5.41) is 0. The number of halogens is 1. The van der Waals surface area contributed by atoms with Crippen LogP contribution in [-0.2, 0) is 0 Å². The Morgan fingerprint density at radius 1 is 1.50 bits per heavy atom. The van der Waals surface area contributed by atoms with Crippen molar-refractivity contribution in [3.8, 4) is 0 Å². The van der Waals surface area contributed by atoms with Crippen LogP contribution in [0, 0.1) is 5.82 Å². The number of thioether (sulfide) groups is 1. The van der Waals surface area contributed by atoms with Gasteiger partial charge in [-0.1, -0.05) is 6.07 Å². The van der Waals surface area contributed by atoms with Crippen molar-refractivity contribution in [3.63, 3.8) is 0 Å². The van der Waals surface area contributed by atoms with Crippen LogP contribution in [0.25, 0.3) is 0 Å². The van der Waals surface area contributed by atoms with E-state index in [1.807, 2.05) is 29.8 Å². The zero-order chi connectivity index (χ0) is 12.1. The highest BCUT2D eigenvalue weighted by atomic mass is 32.2. The highest BCUT2D eigenvalue weighted by Gasteiger charge is 2.13. The molecule has 0 amide bonds. The molecule has 16 heavy (non-hydrogen) atoms. The van der Waals surface area contributed by atoms with Crippen LogP contribution in [0.2, 0.25) is 0 Å². The summed E-state index contributed by atoms with van der Waals surface area (Å²) in [6.07, 6.45) is 3.15. The molecule has 1 rings (SSSR count). The molecular weight excluding hydrogens is 223 g/mol. The number of nitrogens with zero attached hydrogens (tertiary/aromatic N) is 1. The number of nitrogen functional groups attached to an aromatic ring is 1. The molecule has 0 spiro atoms. The molecule has 2 N–H and O–H groups in total. The normalized spacial score (nSPS) is 12.5. The minimum Gasteiger partial charge on any atom is -0.395 e. The van der Waals surface area contributed by atoms with Crippen LogP contribution in [0.1, 0.15) is 13.3 Å². The van der Waals surface area contributed by atoms with E-state index in [9.17, 15) is 4.39 Å². The first kappa shape index (κ1) is 13.2. The first-order valence-electron chi connectivity index (χ1n) is 5.33. The standard InChI is InChI=1S/C12H19FN2S/c1-9(7-8-16-3)15(2)11-6-4-5-10(13)12(11)14/h4-6,9H,7-8,14H2,1-3H3. The first-order valence-corrected chi connectivity index (χ1v) is 6.73. The lowest BCUT2D eigenvalue weighted by Gasteiger charge is -2.28. The van der Waals surface area contributed by atoms with Crippen molar-refractivity contribution in [1.82, 2.24) is 0 Å². The number of rotatable bonds is 5. The number of hydrogen-bond donors (Lipinski definition) is 1. The lowest BCUT2D eigenvalue weighted by Crippen LogP contribution is -2.30. The minimum absolute atomic E-state index is 0.237. The third-order valence-electron chi connectivity index (χ3n) is 2.81. The Kier molecular flexibility index (Phi) is 4.93. The summed E-state index contributed by atoms with van der Waals surface area (Å²) in [6.45, 7) is 2.13. The van der Waals surface area contributed by atoms with Gasteiger partial charge in [-0.2, -0.15) is 11.8 Å². The zero-order valence-electron chi connectivity index (χ0n) is 10.0. The SMILES string of the molecule is CSCCC(C)N(C)c1cccc(F)c1N. The maximum absolute atomic E-state index is 13.3. The third kappa shape index (κ3) is 3.04. The van der Waals surface area contributed by atoms with E-state index in [-0.39, 0.29) is 11.5 Å². The van der Waals surface area contributed by atoms with Gasteiger partial charge in [0.2, 0.25) is 0 Å². The summed E-state index contributed by atoms with van der Waals surface area (Å²) >= 11 is 1.82. The van der Waals surface area contributed by atoms with Gasteiger partial charge in [0.1, 0.15) is 5.82 Å². The summed E-state index contributed by atoms with van der Waals surface area (Å²) in [5.74, 6) is 0.752. The Labute approximate surface area is 101 Å². The van der Waals surface area contributed by atoms with Gasteiger partial charge in [0.25, 0.3) is 0 Å². The van der Waals surface area contributed by atoms with E-state index < -0.39 is 0 Å². The van der Waals surface area contributed by atoms with Crippen LogP contribution in [-0.4, -0.2) is 25.1 Å². The van der Waals surface area contributed by atoms with Crippen LogP contribution < -0.4 is 10.6 Å². The van der Waals surface area contributed by atoms with Gasteiger partial charge in [-0.05, 0) is 37.5 Å². The molecule has 0 saturated heterocycles. The summed E-state index contributed by atoms with van der Waals surface area (Å²) in [4.78, 5) is 2.04. The molecule has 2 nitrogen and oxygen atoms in total. The predicted molar refractivity (Wildman–Crippen MR) is 71.7 cm³/mol. The Balaban J connectivity index is 2.79. The molecule has 1 aromatic rings. The van der Waals surface area contributed by atoms with Crippen LogP contribution in [0.5, 0.6) is 0 Å². The average molecular weight is 242 g/mol. The molecular formula is C12H19FN2S. The molecule has 1 unspecified atom stereocenters. The second kappa shape index (κ2) is 5.99. The Hall–Kier alpha value is -0.900. The molecule has 0 heterocycles. The van der Waals surface area contributed by atoms with Gasteiger partial charge in [-0.15, -0.1) is 0 Å². The van der Waals surface area contributed by atoms with E-state index >= 15 is 0 Å². The quantitative estimate of drug-likeness (QED) is 0.805. The van der Waals surface area contributed by atoms with E-state index in [2.05, 4.69) is 13.2 Å². The molecule has 0 aliphatic rings. The molecule has 1 atom stereocenters. The number of anilines is 2. The second-order valence-electron chi connectivity index (χ2n) is 3.91. The van der Waals surface area contributed by atoms with Crippen molar-refractivity contribution < 1.29 is 4.39 Å². The van der Waals surface area contributed by atoms with Crippen LogP contribution in [0.3, 0.4) is 0 Å². The first-order chi connectivity index (χ1) is 7.57. The van der Waals surface area contributed by atoms with Gasteiger partial charge in [0.05, 0.1) is 11.4 Å². The molecule has 0 radical (unpaired) electrons. The number of nitrogens with two attached hydrogens (primary N) is 1. The molecule has 0 fully saturated rings. The van der Waals surface area contributed by atoms with Crippen molar-refractivity contribution >= 4 is 23.1 Å². The monoisotopic (exact) mass is 242 g/mol. The number of hydrogen-bond acceptors (Lipinski definition) is 3. The van der Waals surface area contributed by atoms with E-state index in [0.29, 0.717) is 6.04 Å². The number of para-hydroxylation sites is 1. The smallest absolute Gasteiger partial charge is 0.148 e. The van der Waals surface area contributed by atoms with Crippen molar-refractivity contribution in [3.05, 3.63) is 24.0 Å². The molecule has 0 aliphatic carbocycles. The fraction of sp³-hybridized carbons (Fsp3) is 0.500. The Bertz CT molecular complexity index is 344. The van der Waals surface area contributed by atoms with Crippen LogP contribution in [0.15, 0.2) is 18.2 Å². The molecule has 0 saturated carbocycles. The topological polar surface area (TPSA) is 29.3 Å². The Morgan fingerprint density at radius 2 is 2.19 bits per heavy atom. The fourth-order valence-electron chi connectivity index (χ4n) is 1.55. The molecule has 4 heteroatoms.